The van der Waals surface area contributed by atoms with Crippen LogP contribution in [0.15, 0.2) is 12.3 Å². The van der Waals surface area contributed by atoms with Crippen LogP contribution in [0.2, 0.25) is 5.02 Å². The second kappa shape index (κ2) is 6.44. The Labute approximate surface area is 111 Å². The molecule has 6 heteroatoms. The summed E-state index contributed by atoms with van der Waals surface area (Å²) in [7, 11) is 0. The molecular weight excluding hydrogens is 256 g/mol. The second-order valence-corrected chi connectivity index (χ2v) is 4.57. The first-order chi connectivity index (χ1) is 8.43. The molecule has 0 saturated carbocycles. The zero-order chi connectivity index (χ0) is 13.7. The zero-order valence-electron chi connectivity index (χ0n) is 10.4. The van der Waals surface area contributed by atoms with Crippen LogP contribution in [0.1, 0.15) is 37.2 Å². The van der Waals surface area contributed by atoms with Gasteiger partial charge in [0.15, 0.2) is 0 Å². The average molecular weight is 273 g/mol. The van der Waals surface area contributed by atoms with Crippen LogP contribution in [-0.4, -0.2) is 27.6 Å². The summed E-state index contributed by atoms with van der Waals surface area (Å²) in [6.45, 7) is 4.35. The number of nitrogens with zero attached hydrogens (tertiary/aromatic N) is 1. The Morgan fingerprint density at radius 2 is 2.22 bits per heavy atom. The molecule has 1 rings (SSSR count). The van der Waals surface area contributed by atoms with E-state index in [2.05, 4.69) is 5.32 Å². The Bertz CT molecular complexity index is 443. The molecule has 0 aliphatic carbocycles. The van der Waals surface area contributed by atoms with Gasteiger partial charge in [-0.2, -0.15) is 0 Å². The minimum atomic E-state index is -0.865. The van der Waals surface area contributed by atoms with Gasteiger partial charge in [-0.25, -0.2) is 0 Å². The summed E-state index contributed by atoms with van der Waals surface area (Å²) in [4.78, 5) is 22.4. The summed E-state index contributed by atoms with van der Waals surface area (Å²) in [5, 5.41) is 11.8. The van der Waals surface area contributed by atoms with Gasteiger partial charge in [0.05, 0.1) is 5.02 Å². The number of aromatic nitrogens is 1. The number of aryl methyl sites for hydroxylation is 1. The van der Waals surface area contributed by atoms with E-state index < -0.39 is 5.97 Å². The lowest BCUT2D eigenvalue weighted by Crippen LogP contribution is -2.34. The molecule has 1 atom stereocenters. The van der Waals surface area contributed by atoms with Crippen LogP contribution in [0.5, 0.6) is 0 Å². The fourth-order valence-corrected chi connectivity index (χ4v) is 1.86. The van der Waals surface area contributed by atoms with Crippen molar-refractivity contribution in [3.05, 3.63) is 23.0 Å². The normalized spacial score (nSPS) is 12.2. The number of carbonyl (C=O) groups is 2. The topological polar surface area (TPSA) is 71.3 Å². The third-order valence-electron chi connectivity index (χ3n) is 2.61. The van der Waals surface area contributed by atoms with E-state index in [1.54, 1.807) is 23.8 Å². The lowest BCUT2D eigenvalue weighted by molar-refractivity contribution is -0.137. The Balaban J connectivity index is 2.61. The van der Waals surface area contributed by atoms with Crippen molar-refractivity contribution in [1.82, 2.24) is 9.88 Å². The maximum atomic E-state index is 12.0. The summed E-state index contributed by atoms with van der Waals surface area (Å²) in [5.74, 6) is -1.10. The molecule has 0 aliphatic rings. The maximum Gasteiger partial charge on any atom is 0.303 e. The molecule has 100 valence electrons. The SMILES string of the molecule is CCn1cc(Cl)cc1C(=O)NC(C)CCC(=O)O. The quantitative estimate of drug-likeness (QED) is 0.833. The molecular formula is C12H17ClN2O3. The average Bonchev–Trinajstić information content (AvgIpc) is 2.68. The molecule has 0 fully saturated rings. The molecule has 1 aromatic rings. The third-order valence-corrected chi connectivity index (χ3v) is 2.81. The number of carboxylic acid groups (broad SMARTS) is 1. The van der Waals surface area contributed by atoms with Gasteiger partial charge in [0.1, 0.15) is 5.69 Å². The van der Waals surface area contributed by atoms with E-state index in [9.17, 15) is 9.59 Å². The van der Waals surface area contributed by atoms with E-state index >= 15 is 0 Å². The first-order valence-electron chi connectivity index (χ1n) is 5.82. The number of hydrogen-bond acceptors (Lipinski definition) is 2. The van der Waals surface area contributed by atoms with Crippen LogP contribution in [0.4, 0.5) is 0 Å². The summed E-state index contributed by atoms with van der Waals surface area (Å²) < 4.78 is 1.75. The minimum absolute atomic E-state index is 0.0387. The van der Waals surface area contributed by atoms with Gasteiger partial charge >= 0.3 is 5.97 Å². The first kappa shape index (κ1) is 14.6. The summed E-state index contributed by atoms with van der Waals surface area (Å²) in [5.41, 5.74) is 0.490. The maximum absolute atomic E-state index is 12.0. The van der Waals surface area contributed by atoms with Crippen molar-refractivity contribution < 1.29 is 14.7 Å². The van der Waals surface area contributed by atoms with Crippen LogP contribution in [-0.2, 0) is 11.3 Å². The molecule has 18 heavy (non-hydrogen) atoms. The molecule has 1 heterocycles. The number of amides is 1. The van der Waals surface area contributed by atoms with Crippen molar-refractivity contribution in [2.45, 2.75) is 39.3 Å². The Kier molecular flexibility index (Phi) is 5.22. The van der Waals surface area contributed by atoms with Crippen molar-refractivity contribution in [2.75, 3.05) is 0 Å². The lowest BCUT2D eigenvalue weighted by atomic mass is 10.2. The highest BCUT2D eigenvalue weighted by Gasteiger charge is 2.15. The van der Waals surface area contributed by atoms with Gasteiger partial charge in [0.25, 0.3) is 5.91 Å². The summed E-state index contributed by atoms with van der Waals surface area (Å²) in [6, 6.07) is 1.41. The largest absolute Gasteiger partial charge is 0.481 e. The summed E-state index contributed by atoms with van der Waals surface area (Å²) in [6.07, 6.45) is 2.14. The molecule has 5 nitrogen and oxygen atoms in total. The molecule has 0 saturated heterocycles. The molecule has 1 aromatic heterocycles. The molecule has 0 spiro atoms. The highest BCUT2D eigenvalue weighted by molar-refractivity contribution is 6.31. The van der Waals surface area contributed by atoms with E-state index in [-0.39, 0.29) is 18.4 Å². The fraction of sp³-hybridized carbons (Fsp3) is 0.500. The predicted octanol–water partition coefficient (Wildman–Crippen LogP) is 2.14. The second-order valence-electron chi connectivity index (χ2n) is 4.14. The standard InChI is InChI=1S/C12H17ClN2O3/c1-3-15-7-9(13)6-10(15)12(18)14-8(2)4-5-11(16)17/h6-8H,3-5H2,1-2H3,(H,14,18)(H,16,17). The highest BCUT2D eigenvalue weighted by atomic mass is 35.5. The van der Waals surface area contributed by atoms with Gasteiger partial charge < -0.3 is 15.0 Å². The number of nitrogens with one attached hydrogen (secondary N) is 1. The van der Waals surface area contributed by atoms with Crippen LogP contribution < -0.4 is 5.32 Å². The summed E-state index contributed by atoms with van der Waals surface area (Å²) >= 11 is 5.85. The molecule has 1 amide bonds. The van der Waals surface area contributed by atoms with E-state index in [0.29, 0.717) is 23.7 Å². The number of hydrogen-bond donors (Lipinski definition) is 2. The number of carboxylic acids is 1. The minimum Gasteiger partial charge on any atom is -0.481 e. The van der Waals surface area contributed by atoms with E-state index in [4.69, 9.17) is 16.7 Å². The number of carbonyl (C=O) groups excluding carboxylic acids is 1. The zero-order valence-corrected chi connectivity index (χ0v) is 11.2. The van der Waals surface area contributed by atoms with Gasteiger partial charge in [-0.05, 0) is 26.3 Å². The predicted molar refractivity (Wildman–Crippen MR) is 68.9 cm³/mol. The molecule has 0 bridgehead atoms. The van der Waals surface area contributed by atoms with Gasteiger partial charge in [0, 0.05) is 25.2 Å². The lowest BCUT2D eigenvalue weighted by Gasteiger charge is -2.13. The smallest absolute Gasteiger partial charge is 0.303 e. The molecule has 0 radical (unpaired) electrons. The van der Waals surface area contributed by atoms with Crippen LogP contribution >= 0.6 is 11.6 Å². The van der Waals surface area contributed by atoms with Crippen molar-refractivity contribution in [2.24, 2.45) is 0 Å². The van der Waals surface area contributed by atoms with E-state index in [0.717, 1.165) is 0 Å². The first-order valence-corrected chi connectivity index (χ1v) is 6.20. The van der Waals surface area contributed by atoms with Gasteiger partial charge in [0.2, 0.25) is 0 Å². The van der Waals surface area contributed by atoms with Crippen molar-refractivity contribution in [1.29, 1.82) is 0 Å². The molecule has 0 aliphatic heterocycles. The number of rotatable bonds is 6. The van der Waals surface area contributed by atoms with Gasteiger partial charge in [-0.15, -0.1) is 0 Å². The third kappa shape index (κ3) is 4.07. The van der Waals surface area contributed by atoms with Crippen LogP contribution in [0.25, 0.3) is 0 Å². The fourth-order valence-electron chi connectivity index (χ4n) is 1.64. The molecule has 0 aromatic carbocycles. The van der Waals surface area contributed by atoms with Crippen molar-refractivity contribution in [3.63, 3.8) is 0 Å². The van der Waals surface area contributed by atoms with Crippen molar-refractivity contribution in [3.8, 4) is 0 Å². The Hall–Kier alpha value is -1.49. The van der Waals surface area contributed by atoms with E-state index in [1.807, 2.05) is 6.92 Å². The number of aliphatic carboxylic acids is 1. The van der Waals surface area contributed by atoms with Crippen LogP contribution in [0, 0.1) is 0 Å². The van der Waals surface area contributed by atoms with E-state index in [1.165, 1.54) is 0 Å². The van der Waals surface area contributed by atoms with Gasteiger partial charge in [-0.3, -0.25) is 9.59 Å². The molecule has 2 N–H and O–H groups in total. The van der Waals surface area contributed by atoms with Crippen molar-refractivity contribution >= 4 is 23.5 Å². The van der Waals surface area contributed by atoms with Gasteiger partial charge in [-0.1, -0.05) is 11.6 Å². The highest BCUT2D eigenvalue weighted by Crippen LogP contribution is 2.14. The number of halogens is 1. The monoisotopic (exact) mass is 272 g/mol. The van der Waals surface area contributed by atoms with Crippen LogP contribution in [0.3, 0.4) is 0 Å². The molecule has 1 unspecified atom stereocenters. The Morgan fingerprint density at radius 1 is 1.56 bits per heavy atom. The Morgan fingerprint density at radius 3 is 2.78 bits per heavy atom.